The molecule has 1 amide bonds. The third-order valence-electron chi connectivity index (χ3n) is 3.06. The third kappa shape index (κ3) is 1.94. The maximum Gasteiger partial charge on any atom is 0.228 e. The number of aromatic nitrogens is 1. The molecule has 0 bridgehead atoms. The van der Waals surface area contributed by atoms with Gasteiger partial charge in [0.2, 0.25) is 5.91 Å². The van der Waals surface area contributed by atoms with E-state index in [-0.39, 0.29) is 11.1 Å². The maximum absolute atomic E-state index is 11.3. The molecule has 2 aromatic rings. The molecule has 1 N–H and O–H groups in total. The van der Waals surface area contributed by atoms with Crippen LogP contribution in [0.25, 0.3) is 11.1 Å². The zero-order valence-electron chi connectivity index (χ0n) is 9.77. The Morgan fingerprint density at radius 1 is 1.37 bits per heavy atom. The van der Waals surface area contributed by atoms with Gasteiger partial charge in [-0.15, -0.1) is 0 Å². The first-order valence-electron chi connectivity index (χ1n) is 5.67. The molecular weight excluding hydrogens is 262 g/mol. The van der Waals surface area contributed by atoms with Gasteiger partial charge in [0, 0.05) is 17.4 Å². The van der Waals surface area contributed by atoms with Crippen molar-refractivity contribution >= 4 is 23.2 Å². The lowest BCUT2D eigenvalue weighted by Crippen LogP contribution is -2.03. The molecule has 0 saturated carbocycles. The zero-order chi connectivity index (χ0) is 13.4. The van der Waals surface area contributed by atoms with Gasteiger partial charge < -0.3 is 5.32 Å². The fourth-order valence-corrected chi connectivity index (χ4v) is 2.38. The van der Waals surface area contributed by atoms with E-state index < -0.39 is 0 Å². The van der Waals surface area contributed by atoms with Gasteiger partial charge in [0.05, 0.1) is 12.0 Å². The van der Waals surface area contributed by atoms with Gasteiger partial charge in [-0.3, -0.25) is 4.79 Å². The van der Waals surface area contributed by atoms with E-state index in [1.54, 1.807) is 12.3 Å². The van der Waals surface area contributed by atoms with Crippen LogP contribution in [0.15, 0.2) is 30.5 Å². The summed E-state index contributed by atoms with van der Waals surface area (Å²) in [5.41, 5.74) is 3.69. The first-order valence-corrected chi connectivity index (χ1v) is 6.04. The van der Waals surface area contributed by atoms with Crippen molar-refractivity contribution in [2.75, 3.05) is 5.32 Å². The molecule has 1 aromatic carbocycles. The monoisotopic (exact) mass is 269 g/mol. The molecule has 0 unspecified atom stereocenters. The molecule has 19 heavy (non-hydrogen) atoms. The first-order chi connectivity index (χ1) is 9.19. The number of benzene rings is 1. The molecule has 0 atom stereocenters. The molecular formula is C14H8ClN3O. The number of amides is 1. The number of halogens is 1. The number of nitrogens with zero attached hydrogens (tertiary/aromatic N) is 2. The summed E-state index contributed by atoms with van der Waals surface area (Å²) in [6.45, 7) is 0. The summed E-state index contributed by atoms with van der Waals surface area (Å²) in [5, 5.41) is 12.1. The Labute approximate surface area is 114 Å². The van der Waals surface area contributed by atoms with Gasteiger partial charge in [0.25, 0.3) is 0 Å². The van der Waals surface area contributed by atoms with Crippen molar-refractivity contribution in [1.29, 1.82) is 5.26 Å². The first kappa shape index (κ1) is 11.7. The number of pyridine rings is 1. The molecule has 1 aliphatic rings. The van der Waals surface area contributed by atoms with Crippen molar-refractivity contribution in [1.82, 2.24) is 4.98 Å². The highest BCUT2D eigenvalue weighted by Gasteiger charge is 2.19. The molecule has 1 aromatic heterocycles. The zero-order valence-corrected chi connectivity index (χ0v) is 10.5. The van der Waals surface area contributed by atoms with Crippen LogP contribution >= 0.6 is 11.6 Å². The van der Waals surface area contributed by atoms with Crippen LogP contribution < -0.4 is 5.32 Å². The molecule has 0 saturated heterocycles. The number of carbonyl (C=O) groups excluding carboxylic acids is 1. The number of hydrogen-bond donors (Lipinski definition) is 1. The minimum Gasteiger partial charge on any atom is -0.326 e. The van der Waals surface area contributed by atoms with E-state index in [1.165, 1.54) is 0 Å². The van der Waals surface area contributed by atoms with Crippen LogP contribution in [-0.2, 0) is 11.2 Å². The second-order valence-electron chi connectivity index (χ2n) is 4.23. The Hall–Kier alpha value is -2.38. The van der Waals surface area contributed by atoms with E-state index in [0.29, 0.717) is 12.0 Å². The quantitative estimate of drug-likeness (QED) is 0.810. The second kappa shape index (κ2) is 4.38. The fraction of sp³-hybridized carbons (Fsp3) is 0.0714. The highest BCUT2D eigenvalue weighted by Crippen LogP contribution is 2.32. The summed E-state index contributed by atoms with van der Waals surface area (Å²) in [4.78, 5) is 15.2. The number of fused-ring (bicyclic) bond motifs is 1. The van der Waals surface area contributed by atoms with Crippen molar-refractivity contribution in [3.63, 3.8) is 0 Å². The summed E-state index contributed by atoms with van der Waals surface area (Å²) in [6, 6.07) is 9.41. The molecule has 92 valence electrons. The second-order valence-corrected chi connectivity index (χ2v) is 4.59. The third-order valence-corrected chi connectivity index (χ3v) is 3.34. The number of nitriles is 1. The van der Waals surface area contributed by atoms with Gasteiger partial charge in [-0.25, -0.2) is 4.98 Å². The summed E-state index contributed by atoms with van der Waals surface area (Å²) < 4.78 is 0. The lowest BCUT2D eigenvalue weighted by molar-refractivity contribution is -0.115. The number of anilines is 1. The maximum atomic E-state index is 11.3. The Morgan fingerprint density at radius 3 is 3.00 bits per heavy atom. The Morgan fingerprint density at radius 2 is 2.21 bits per heavy atom. The smallest absolute Gasteiger partial charge is 0.228 e. The lowest BCUT2D eigenvalue weighted by atomic mass is 9.99. The van der Waals surface area contributed by atoms with E-state index in [9.17, 15) is 4.79 Å². The molecule has 3 rings (SSSR count). The topological polar surface area (TPSA) is 65.8 Å². The van der Waals surface area contributed by atoms with Crippen LogP contribution in [0, 0.1) is 11.3 Å². The standard InChI is InChI=1S/C14H8ClN3O/c15-14-11(7-16)10(3-4-17-14)8-1-2-12-9(5-8)6-13(19)18-12/h1-5H,6H2,(H,18,19). The van der Waals surface area contributed by atoms with E-state index in [4.69, 9.17) is 16.9 Å². The summed E-state index contributed by atoms with van der Waals surface area (Å²) >= 11 is 5.92. The van der Waals surface area contributed by atoms with Gasteiger partial charge >= 0.3 is 0 Å². The lowest BCUT2D eigenvalue weighted by Gasteiger charge is -2.07. The van der Waals surface area contributed by atoms with Crippen LogP contribution in [0.4, 0.5) is 5.69 Å². The number of rotatable bonds is 1. The summed E-state index contributed by atoms with van der Waals surface area (Å²) in [5.74, 6) is -0.0135. The minimum absolute atomic E-state index is 0.0135. The van der Waals surface area contributed by atoms with Crippen LogP contribution in [-0.4, -0.2) is 10.9 Å². The van der Waals surface area contributed by atoms with Gasteiger partial charge in [0.1, 0.15) is 11.2 Å². The molecule has 2 heterocycles. The van der Waals surface area contributed by atoms with Crippen molar-refractivity contribution in [2.24, 2.45) is 0 Å². The number of hydrogen-bond acceptors (Lipinski definition) is 3. The summed E-state index contributed by atoms with van der Waals surface area (Å²) in [7, 11) is 0. The Bertz CT molecular complexity index is 734. The van der Waals surface area contributed by atoms with Gasteiger partial charge in [0.15, 0.2) is 0 Å². The molecule has 0 fully saturated rings. The molecule has 0 spiro atoms. The normalized spacial score (nSPS) is 12.7. The van der Waals surface area contributed by atoms with Gasteiger partial charge in [-0.2, -0.15) is 5.26 Å². The average molecular weight is 270 g/mol. The Kier molecular flexibility index (Phi) is 2.69. The van der Waals surface area contributed by atoms with Crippen LogP contribution in [0.1, 0.15) is 11.1 Å². The van der Waals surface area contributed by atoms with E-state index in [0.717, 1.165) is 22.4 Å². The highest BCUT2D eigenvalue weighted by molar-refractivity contribution is 6.31. The van der Waals surface area contributed by atoms with Crippen molar-refractivity contribution in [2.45, 2.75) is 6.42 Å². The fourth-order valence-electron chi connectivity index (χ4n) is 2.18. The largest absolute Gasteiger partial charge is 0.326 e. The number of nitrogens with one attached hydrogen (secondary N) is 1. The number of carbonyl (C=O) groups is 1. The molecule has 5 heteroatoms. The molecule has 1 aliphatic heterocycles. The molecule has 4 nitrogen and oxygen atoms in total. The van der Waals surface area contributed by atoms with E-state index in [2.05, 4.69) is 16.4 Å². The average Bonchev–Trinajstić information content (AvgIpc) is 2.77. The minimum atomic E-state index is -0.0135. The van der Waals surface area contributed by atoms with E-state index >= 15 is 0 Å². The van der Waals surface area contributed by atoms with E-state index in [1.807, 2.05) is 18.2 Å². The van der Waals surface area contributed by atoms with Crippen LogP contribution in [0.3, 0.4) is 0 Å². The molecule has 0 aliphatic carbocycles. The van der Waals surface area contributed by atoms with Crippen LogP contribution in [0.5, 0.6) is 0 Å². The highest BCUT2D eigenvalue weighted by atomic mass is 35.5. The van der Waals surface area contributed by atoms with Crippen molar-refractivity contribution in [3.05, 3.63) is 46.7 Å². The van der Waals surface area contributed by atoms with Crippen LogP contribution in [0.2, 0.25) is 5.15 Å². The predicted molar refractivity (Wildman–Crippen MR) is 71.7 cm³/mol. The van der Waals surface area contributed by atoms with Gasteiger partial charge in [-0.1, -0.05) is 17.7 Å². The van der Waals surface area contributed by atoms with Gasteiger partial charge in [-0.05, 0) is 29.3 Å². The molecule has 0 radical (unpaired) electrons. The van der Waals surface area contributed by atoms with Crippen molar-refractivity contribution < 1.29 is 4.79 Å². The predicted octanol–water partition coefficient (Wildman–Crippen LogP) is 2.77. The van der Waals surface area contributed by atoms with Crippen molar-refractivity contribution in [3.8, 4) is 17.2 Å². The Balaban J connectivity index is 2.15. The SMILES string of the molecule is N#Cc1c(-c2ccc3c(c2)CC(=O)N3)ccnc1Cl. The summed E-state index contributed by atoms with van der Waals surface area (Å²) in [6.07, 6.45) is 1.93.